The van der Waals surface area contributed by atoms with Crippen molar-refractivity contribution in [2.45, 2.75) is 19.0 Å². The predicted octanol–water partition coefficient (Wildman–Crippen LogP) is 4.17. The molecule has 7 nitrogen and oxygen atoms in total. The third-order valence-corrected chi connectivity index (χ3v) is 3.09. The average Bonchev–Trinajstić information content (AvgIpc) is 2.63. The van der Waals surface area contributed by atoms with Gasteiger partial charge in [0, 0.05) is 18.5 Å². The van der Waals surface area contributed by atoms with E-state index in [9.17, 15) is 18.0 Å². The average molecular weight is 415 g/mol. The molecule has 0 atom stereocenters. The number of halogens is 3. The van der Waals surface area contributed by atoms with Gasteiger partial charge in [-0.1, -0.05) is 18.2 Å². The lowest BCUT2D eigenvalue weighted by Gasteiger charge is -2.07. The second-order valence-electron chi connectivity index (χ2n) is 5.26. The highest BCUT2D eigenvalue weighted by Gasteiger charge is 2.25. The van der Waals surface area contributed by atoms with Crippen molar-refractivity contribution in [1.29, 1.82) is 0 Å². The number of benzene rings is 2. The van der Waals surface area contributed by atoms with Crippen molar-refractivity contribution in [3.63, 3.8) is 0 Å². The van der Waals surface area contributed by atoms with Gasteiger partial charge in [0.05, 0.1) is 11.4 Å². The van der Waals surface area contributed by atoms with E-state index in [0.29, 0.717) is 16.9 Å². The Hall–Kier alpha value is -3.08. The molecule has 0 radical (unpaired) electrons. The van der Waals surface area contributed by atoms with Crippen LogP contribution in [-0.2, 0) is 10.6 Å². The number of hydrogen-bond acceptors (Lipinski definition) is 6. The Morgan fingerprint density at radius 3 is 1.89 bits per heavy atom. The molecule has 2 aromatic carbocycles. The zero-order chi connectivity index (χ0) is 21.0. The van der Waals surface area contributed by atoms with Crippen LogP contribution in [-0.4, -0.2) is 31.3 Å². The van der Waals surface area contributed by atoms with Crippen LogP contribution in [0, 0.1) is 0 Å². The largest absolute Gasteiger partial charge is 0.425 e. The molecule has 2 rings (SSSR count). The fourth-order valence-corrected chi connectivity index (χ4v) is 1.88. The molecule has 1 N–H and O–H groups in total. The highest BCUT2D eigenvalue weighted by Crippen LogP contribution is 2.21. The van der Waals surface area contributed by atoms with Gasteiger partial charge in [-0.15, -0.1) is 12.6 Å². The number of carbonyl (C=O) groups excluding carboxylic acids is 1. The highest BCUT2D eigenvalue weighted by molar-refractivity contribution is 7.59. The van der Waals surface area contributed by atoms with Crippen LogP contribution in [0.2, 0.25) is 0 Å². The Bertz CT molecular complexity index is 878. The minimum Gasteiger partial charge on any atom is -0.352 e. The molecule has 150 valence electrons. The first-order valence-electron chi connectivity index (χ1n) is 7.86. The molecule has 0 heterocycles. The normalized spacial score (nSPS) is 10.8. The van der Waals surface area contributed by atoms with Crippen LogP contribution in [0.4, 0.5) is 24.5 Å². The smallest absolute Gasteiger partial charge is 0.352 e. The first-order chi connectivity index (χ1) is 13.2. The van der Waals surface area contributed by atoms with E-state index in [1.807, 2.05) is 30.3 Å². The van der Waals surface area contributed by atoms with Crippen molar-refractivity contribution < 1.29 is 30.6 Å². The standard InChI is InChI=1S/C17H16F3N3O.O3S/c18-17(19,20)11-4-12-21-16(24)13-7-9-15(10-8-13)23-22-14-5-2-1-3-6-14;1-4(2)3/h1-3,5-10H,4,11-12H2,(H,21,24);. The number of carbonyl (C=O) groups is 1. The molecule has 0 saturated heterocycles. The molecule has 0 fully saturated rings. The third-order valence-electron chi connectivity index (χ3n) is 3.09. The number of hydrogen-bond donors (Lipinski definition) is 1. The number of nitrogens with one attached hydrogen (secondary N) is 1. The number of rotatable bonds is 6. The summed E-state index contributed by atoms with van der Waals surface area (Å²) in [7, 11) is -3.11. The van der Waals surface area contributed by atoms with Gasteiger partial charge >= 0.3 is 16.8 Å². The molecule has 11 heteroatoms. The molecular formula is C17H16F3N3O4S. The summed E-state index contributed by atoms with van der Waals surface area (Å²) in [5.41, 5.74) is 1.65. The van der Waals surface area contributed by atoms with E-state index < -0.39 is 29.1 Å². The van der Waals surface area contributed by atoms with E-state index in [-0.39, 0.29) is 13.0 Å². The molecule has 0 bridgehead atoms. The summed E-state index contributed by atoms with van der Waals surface area (Å²) in [4.78, 5) is 11.8. The van der Waals surface area contributed by atoms with E-state index in [0.717, 1.165) is 0 Å². The van der Waals surface area contributed by atoms with Crippen LogP contribution < -0.4 is 5.32 Å². The highest BCUT2D eigenvalue weighted by atomic mass is 32.2. The van der Waals surface area contributed by atoms with Crippen molar-refractivity contribution >= 4 is 27.9 Å². The van der Waals surface area contributed by atoms with Gasteiger partial charge in [-0.3, -0.25) is 4.79 Å². The van der Waals surface area contributed by atoms with Crippen LogP contribution in [0.3, 0.4) is 0 Å². The Morgan fingerprint density at radius 1 is 0.893 bits per heavy atom. The molecule has 0 aliphatic heterocycles. The second-order valence-corrected chi connectivity index (χ2v) is 5.67. The summed E-state index contributed by atoms with van der Waals surface area (Å²) < 4.78 is 61.4. The van der Waals surface area contributed by atoms with Crippen LogP contribution in [0.1, 0.15) is 23.2 Å². The summed E-state index contributed by atoms with van der Waals surface area (Å²) in [6, 6.07) is 15.5. The van der Waals surface area contributed by atoms with Crippen molar-refractivity contribution in [2.24, 2.45) is 10.2 Å². The van der Waals surface area contributed by atoms with E-state index in [1.165, 1.54) is 0 Å². The van der Waals surface area contributed by atoms with Gasteiger partial charge in [0.25, 0.3) is 5.91 Å². The van der Waals surface area contributed by atoms with Gasteiger partial charge in [-0.25, -0.2) is 0 Å². The van der Waals surface area contributed by atoms with Crippen molar-refractivity contribution in [1.82, 2.24) is 5.32 Å². The zero-order valence-corrected chi connectivity index (χ0v) is 15.2. The summed E-state index contributed by atoms with van der Waals surface area (Å²) in [5.74, 6) is -0.413. The topological polar surface area (TPSA) is 105 Å². The van der Waals surface area contributed by atoms with Gasteiger partial charge in [-0.2, -0.15) is 23.4 Å². The molecule has 0 aliphatic rings. The summed E-state index contributed by atoms with van der Waals surface area (Å²) in [6.45, 7) is -0.0200. The second kappa shape index (κ2) is 11.6. The summed E-state index contributed by atoms with van der Waals surface area (Å²) in [6.07, 6.45) is -5.25. The monoisotopic (exact) mass is 415 g/mol. The molecular weight excluding hydrogens is 399 g/mol. The van der Waals surface area contributed by atoms with Crippen LogP contribution in [0.5, 0.6) is 0 Å². The maximum absolute atomic E-state index is 12.0. The molecule has 2 aromatic rings. The van der Waals surface area contributed by atoms with E-state index in [1.54, 1.807) is 24.3 Å². The summed E-state index contributed by atoms with van der Waals surface area (Å²) in [5, 5.41) is 10.6. The third kappa shape index (κ3) is 10.8. The first kappa shape index (κ1) is 23.0. The number of alkyl halides is 3. The van der Waals surface area contributed by atoms with Gasteiger partial charge in [0.2, 0.25) is 0 Å². The lowest BCUT2D eigenvalue weighted by Crippen LogP contribution is -2.25. The van der Waals surface area contributed by atoms with Gasteiger partial charge < -0.3 is 5.32 Å². The maximum Gasteiger partial charge on any atom is 0.425 e. The molecule has 28 heavy (non-hydrogen) atoms. The van der Waals surface area contributed by atoms with Gasteiger partial charge in [-0.05, 0) is 42.8 Å². The fraction of sp³-hybridized carbons (Fsp3) is 0.235. The molecule has 0 aliphatic carbocycles. The zero-order valence-electron chi connectivity index (χ0n) is 14.4. The maximum atomic E-state index is 12.0. The fourth-order valence-electron chi connectivity index (χ4n) is 1.88. The van der Waals surface area contributed by atoms with Crippen molar-refractivity contribution in [3.05, 3.63) is 60.2 Å². The van der Waals surface area contributed by atoms with Crippen LogP contribution in [0.25, 0.3) is 0 Å². The van der Waals surface area contributed by atoms with E-state index in [2.05, 4.69) is 15.5 Å². The molecule has 0 aromatic heterocycles. The first-order valence-corrected chi connectivity index (χ1v) is 8.86. The minimum atomic E-state index is -4.20. The quantitative estimate of drug-likeness (QED) is 0.565. The molecule has 1 amide bonds. The molecule has 0 saturated carbocycles. The Labute approximate surface area is 160 Å². The lowest BCUT2D eigenvalue weighted by atomic mass is 10.2. The minimum absolute atomic E-state index is 0.0200. The lowest BCUT2D eigenvalue weighted by molar-refractivity contribution is -0.135. The van der Waals surface area contributed by atoms with E-state index >= 15 is 0 Å². The van der Waals surface area contributed by atoms with Crippen molar-refractivity contribution in [3.8, 4) is 0 Å². The molecule has 0 spiro atoms. The van der Waals surface area contributed by atoms with Crippen LogP contribution in [0.15, 0.2) is 64.8 Å². The summed E-state index contributed by atoms with van der Waals surface area (Å²) >= 11 is 0. The van der Waals surface area contributed by atoms with Gasteiger partial charge in [0.1, 0.15) is 0 Å². The Kier molecular flexibility index (Phi) is 9.51. The van der Waals surface area contributed by atoms with Gasteiger partial charge in [0.15, 0.2) is 0 Å². The number of amides is 1. The SMILES string of the molecule is O=C(NCCCC(F)(F)F)c1ccc(N=Nc2ccccc2)cc1.O=S(=O)=O. The number of nitrogens with zero attached hydrogens (tertiary/aromatic N) is 2. The Balaban J connectivity index is 0.000000892. The van der Waals surface area contributed by atoms with E-state index in [4.69, 9.17) is 12.6 Å². The Morgan fingerprint density at radius 2 is 1.39 bits per heavy atom. The van der Waals surface area contributed by atoms with Crippen molar-refractivity contribution in [2.75, 3.05) is 6.54 Å². The van der Waals surface area contributed by atoms with Crippen LogP contribution >= 0.6 is 0 Å². The molecule has 0 unspecified atom stereocenters. The number of azo groups is 1. The predicted molar refractivity (Wildman–Crippen MR) is 94.4 cm³/mol.